The number of aryl methyl sites for hydroxylation is 1. The molecule has 0 saturated carbocycles. The second kappa shape index (κ2) is 9.44. The zero-order chi connectivity index (χ0) is 16.8. The Bertz CT molecular complexity index is 718. The van der Waals surface area contributed by atoms with Gasteiger partial charge in [0.15, 0.2) is 23.3 Å². The summed E-state index contributed by atoms with van der Waals surface area (Å²) in [6, 6.07) is 5.87. The van der Waals surface area contributed by atoms with E-state index in [1.54, 1.807) is 6.33 Å². The number of hydrogen-bond donors (Lipinski definition) is 2. The van der Waals surface area contributed by atoms with Gasteiger partial charge in [0.05, 0.1) is 13.1 Å². The minimum Gasteiger partial charge on any atom is -0.454 e. The van der Waals surface area contributed by atoms with E-state index in [-0.39, 0.29) is 30.8 Å². The van der Waals surface area contributed by atoms with Crippen LogP contribution in [0.1, 0.15) is 25.2 Å². The summed E-state index contributed by atoms with van der Waals surface area (Å²) < 4.78 is 12.7. The molecule has 0 amide bonds. The lowest BCUT2D eigenvalue weighted by Crippen LogP contribution is -2.37. The maximum atomic E-state index is 5.40. The van der Waals surface area contributed by atoms with E-state index in [2.05, 4.69) is 32.7 Å². The average Bonchev–Trinajstić information content (AvgIpc) is 3.25. The number of fused-ring (bicyclic) bond motifs is 1. The molecule has 0 aliphatic carbocycles. The van der Waals surface area contributed by atoms with Crippen LogP contribution in [0, 0.1) is 0 Å². The molecule has 0 atom stereocenters. The van der Waals surface area contributed by atoms with Crippen molar-refractivity contribution < 1.29 is 9.47 Å². The Morgan fingerprint density at radius 3 is 2.88 bits per heavy atom. The van der Waals surface area contributed by atoms with Gasteiger partial charge in [-0.1, -0.05) is 6.07 Å². The molecule has 8 nitrogen and oxygen atoms in total. The van der Waals surface area contributed by atoms with Crippen LogP contribution < -0.4 is 20.1 Å². The fourth-order valence-corrected chi connectivity index (χ4v) is 2.39. The summed E-state index contributed by atoms with van der Waals surface area (Å²) in [5.41, 5.74) is 1.06. The number of rotatable bonds is 6. The van der Waals surface area contributed by atoms with Gasteiger partial charge in [-0.3, -0.25) is 0 Å². The Kier molecular flexibility index (Phi) is 7.29. The van der Waals surface area contributed by atoms with Crippen LogP contribution in [0.25, 0.3) is 0 Å². The summed E-state index contributed by atoms with van der Waals surface area (Å²) in [4.78, 5) is 4.60. The molecule has 9 heteroatoms. The molecule has 136 valence electrons. The molecule has 1 aliphatic heterocycles. The molecular formula is C16H23IN6O2. The smallest absolute Gasteiger partial charge is 0.231 e. The normalized spacial score (nSPS) is 12.6. The van der Waals surface area contributed by atoms with Crippen LogP contribution in [0.15, 0.2) is 29.5 Å². The Balaban J connectivity index is 0.00000225. The van der Waals surface area contributed by atoms with Crippen LogP contribution in [-0.4, -0.2) is 34.1 Å². The third-order valence-electron chi connectivity index (χ3n) is 3.65. The highest BCUT2D eigenvalue weighted by Crippen LogP contribution is 2.32. The van der Waals surface area contributed by atoms with Gasteiger partial charge in [0.1, 0.15) is 6.33 Å². The first-order valence-corrected chi connectivity index (χ1v) is 8.07. The lowest BCUT2D eigenvalue weighted by Gasteiger charge is -2.11. The summed E-state index contributed by atoms with van der Waals surface area (Å²) in [6.07, 6.45) is 1.73. The van der Waals surface area contributed by atoms with Crippen molar-refractivity contribution in [3.05, 3.63) is 35.9 Å². The molecule has 1 aromatic carbocycles. The number of aliphatic imine (C=N–C) groups is 1. The molecular weight excluding hydrogens is 435 g/mol. The van der Waals surface area contributed by atoms with Crippen molar-refractivity contribution in [2.45, 2.75) is 33.5 Å². The minimum atomic E-state index is 0. The van der Waals surface area contributed by atoms with Crippen molar-refractivity contribution in [3.8, 4) is 11.5 Å². The Morgan fingerprint density at radius 1 is 1.24 bits per heavy atom. The molecule has 2 aromatic rings. The number of nitrogens with zero attached hydrogens (tertiary/aromatic N) is 4. The highest BCUT2D eigenvalue weighted by atomic mass is 127. The first-order valence-electron chi connectivity index (χ1n) is 8.07. The van der Waals surface area contributed by atoms with E-state index in [9.17, 15) is 0 Å². The van der Waals surface area contributed by atoms with Crippen molar-refractivity contribution >= 4 is 29.9 Å². The van der Waals surface area contributed by atoms with Gasteiger partial charge in [-0.15, -0.1) is 34.2 Å². The van der Waals surface area contributed by atoms with E-state index in [4.69, 9.17) is 9.47 Å². The molecule has 0 saturated heterocycles. The van der Waals surface area contributed by atoms with Gasteiger partial charge in [-0.05, 0) is 31.5 Å². The minimum absolute atomic E-state index is 0. The summed E-state index contributed by atoms with van der Waals surface area (Å²) in [5, 5.41) is 14.6. The molecule has 0 unspecified atom stereocenters. The van der Waals surface area contributed by atoms with Gasteiger partial charge < -0.3 is 24.7 Å². The van der Waals surface area contributed by atoms with Crippen LogP contribution in [0.3, 0.4) is 0 Å². The Labute approximate surface area is 164 Å². The van der Waals surface area contributed by atoms with E-state index in [1.807, 2.05) is 29.7 Å². The first-order chi connectivity index (χ1) is 11.8. The highest BCUT2D eigenvalue weighted by Gasteiger charge is 2.13. The summed E-state index contributed by atoms with van der Waals surface area (Å²) in [7, 11) is 0. The highest BCUT2D eigenvalue weighted by molar-refractivity contribution is 14.0. The molecule has 1 aromatic heterocycles. The average molecular weight is 458 g/mol. The zero-order valence-electron chi connectivity index (χ0n) is 14.4. The standard InChI is InChI=1S/C16H22N6O2.HI/c1-3-17-16(19-9-15-21-20-10-22(15)4-2)18-8-12-5-6-13-14(7-12)24-11-23-13;/h5-7,10H,3-4,8-9,11H2,1-2H3,(H2,17,18,19);1H. The third-order valence-corrected chi connectivity index (χ3v) is 3.65. The molecule has 3 rings (SSSR count). The van der Waals surface area contributed by atoms with Crippen LogP contribution in [0.5, 0.6) is 11.5 Å². The third kappa shape index (κ3) is 4.97. The predicted octanol–water partition coefficient (Wildman–Crippen LogP) is 1.90. The molecule has 2 heterocycles. The van der Waals surface area contributed by atoms with Crippen LogP contribution in [0.2, 0.25) is 0 Å². The maximum Gasteiger partial charge on any atom is 0.231 e. The molecule has 1 aliphatic rings. The molecule has 2 N–H and O–H groups in total. The second-order valence-electron chi connectivity index (χ2n) is 5.27. The molecule has 0 radical (unpaired) electrons. The van der Waals surface area contributed by atoms with Gasteiger partial charge in [0, 0.05) is 13.1 Å². The van der Waals surface area contributed by atoms with Crippen molar-refractivity contribution in [1.29, 1.82) is 0 Å². The van der Waals surface area contributed by atoms with Crippen LogP contribution in [-0.2, 0) is 19.6 Å². The quantitative estimate of drug-likeness (QED) is 0.391. The Morgan fingerprint density at radius 2 is 2.08 bits per heavy atom. The lowest BCUT2D eigenvalue weighted by atomic mass is 10.2. The van der Waals surface area contributed by atoms with E-state index in [0.29, 0.717) is 13.1 Å². The zero-order valence-corrected chi connectivity index (χ0v) is 16.7. The SMILES string of the molecule is CCNC(=NCc1ccc2c(c1)OCO2)NCc1nncn1CC.I. The topological polar surface area (TPSA) is 85.6 Å². The summed E-state index contributed by atoms with van der Waals surface area (Å²) in [5.74, 6) is 3.18. The largest absolute Gasteiger partial charge is 0.454 e. The number of benzene rings is 1. The van der Waals surface area contributed by atoms with Gasteiger partial charge in [0.2, 0.25) is 6.79 Å². The van der Waals surface area contributed by atoms with Gasteiger partial charge in [-0.25, -0.2) is 4.99 Å². The van der Waals surface area contributed by atoms with E-state index in [1.165, 1.54) is 0 Å². The first kappa shape index (κ1) is 19.3. The Hall–Kier alpha value is -2.04. The van der Waals surface area contributed by atoms with Crippen molar-refractivity contribution in [2.75, 3.05) is 13.3 Å². The maximum absolute atomic E-state index is 5.40. The number of guanidine groups is 1. The number of halogens is 1. The van der Waals surface area contributed by atoms with Crippen molar-refractivity contribution in [2.24, 2.45) is 4.99 Å². The van der Waals surface area contributed by atoms with Crippen LogP contribution >= 0.6 is 24.0 Å². The number of nitrogens with one attached hydrogen (secondary N) is 2. The lowest BCUT2D eigenvalue weighted by molar-refractivity contribution is 0.174. The number of ether oxygens (including phenoxy) is 2. The van der Waals surface area contributed by atoms with E-state index in [0.717, 1.165) is 41.9 Å². The molecule has 0 bridgehead atoms. The molecule has 0 spiro atoms. The predicted molar refractivity (Wildman–Crippen MR) is 105 cm³/mol. The fraction of sp³-hybridized carbons (Fsp3) is 0.438. The van der Waals surface area contributed by atoms with Crippen molar-refractivity contribution in [1.82, 2.24) is 25.4 Å². The number of aromatic nitrogens is 3. The van der Waals surface area contributed by atoms with Gasteiger partial charge >= 0.3 is 0 Å². The summed E-state index contributed by atoms with van der Waals surface area (Å²) >= 11 is 0. The van der Waals surface area contributed by atoms with Crippen LogP contribution in [0.4, 0.5) is 0 Å². The van der Waals surface area contributed by atoms with Gasteiger partial charge in [0.25, 0.3) is 0 Å². The summed E-state index contributed by atoms with van der Waals surface area (Å²) in [6.45, 7) is 7.12. The van der Waals surface area contributed by atoms with E-state index >= 15 is 0 Å². The number of hydrogen-bond acceptors (Lipinski definition) is 5. The second-order valence-corrected chi connectivity index (χ2v) is 5.27. The fourth-order valence-electron chi connectivity index (χ4n) is 2.39. The molecule has 25 heavy (non-hydrogen) atoms. The monoisotopic (exact) mass is 458 g/mol. The van der Waals surface area contributed by atoms with Gasteiger partial charge in [-0.2, -0.15) is 0 Å². The molecule has 0 fully saturated rings. The van der Waals surface area contributed by atoms with Crippen molar-refractivity contribution in [3.63, 3.8) is 0 Å². The van der Waals surface area contributed by atoms with E-state index < -0.39 is 0 Å².